The van der Waals surface area contributed by atoms with Gasteiger partial charge in [0.1, 0.15) is 77.5 Å². The SMILES string of the molecule is COc1ccc(C[C@@H]2NC(=O)[C@H]([C@@H](C)O)NC(=O)[C@@H]3[C@@H]4CCN3C(=O)[C@@H]3Cc5cn(c6ccc(F)cc56)CCCCCCN(Cc5ccc(cc5)CCNC(=O)[C@]5(C)CCCN5C2=O)C(=O)CCC(=O)N[C@@H](C)C(=O)N[C@H](CCC(=O)Cc2cccc(OCCC[N+](C)(C)C)c2)C(=O)N[C@@H](Cc2cccc(c2)CNC(=O)CO4)C(=O)N3)cc1. The zero-order valence-electron chi connectivity index (χ0n) is 68.5. The summed E-state index contributed by atoms with van der Waals surface area (Å²) in [7, 11) is 7.75. The van der Waals surface area contributed by atoms with E-state index in [1.807, 2.05) is 28.8 Å². The number of quaternary nitrogens is 1. The Bertz CT molecular complexity index is 4630. The van der Waals surface area contributed by atoms with Gasteiger partial charge in [-0.3, -0.25) is 57.5 Å². The molecule has 0 saturated carbocycles. The minimum absolute atomic E-state index is 0.0826. The average Bonchev–Trinajstić information content (AvgIpc) is 1.62. The number of ether oxygens (including phenoxy) is 3. The van der Waals surface area contributed by atoms with E-state index in [4.69, 9.17) is 14.2 Å². The van der Waals surface area contributed by atoms with Crippen LogP contribution in [0.1, 0.15) is 137 Å². The molecule has 1 aromatic heterocycles. The fourth-order valence-corrected chi connectivity index (χ4v) is 16.1. The lowest BCUT2D eigenvalue weighted by Crippen LogP contribution is -2.64. The van der Waals surface area contributed by atoms with Gasteiger partial charge in [-0.15, -0.1) is 0 Å². The van der Waals surface area contributed by atoms with Crippen LogP contribution in [0.4, 0.5) is 4.39 Å². The lowest BCUT2D eigenvalue weighted by molar-refractivity contribution is -0.870. The minimum atomic E-state index is -1.86. The van der Waals surface area contributed by atoms with E-state index in [1.165, 1.54) is 38.0 Å². The number of ketones is 1. The first-order valence-corrected chi connectivity index (χ1v) is 41.1. The van der Waals surface area contributed by atoms with E-state index in [0.717, 1.165) is 33.5 Å². The number of amides is 11. The highest BCUT2D eigenvalue weighted by Gasteiger charge is 2.50. The van der Waals surface area contributed by atoms with Crippen LogP contribution in [0.3, 0.4) is 0 Å². The monoisotopic (exact) mass is 1630 g/mol. The van der Waals surface area contributed by atoms with E-state index < -0.39 is 132 Å². The van der Waals surface area contributed by atoms with Gasteiger partial charge in [0, 0.05) is 114 Å². The summed E-state index contributed by atoms with van der Waals surface area (Å²) in [5.41, 5.74) is 3.36. The first kappa shape index (κ1) is 87.7. The molecule has 10 atom stereocenters. The summed E-state index contributed by atoms with van der Waals surface area (Å²) in [4.78, 5) is 184. The molecule has 2 fully saturated rings. The number of aliphatic hydroxyl groups excluding tert-OH is 1. The standard InChI is InChI=1S/C88H112FN13O16/c1-55-80(108)93-69(30-27-65(104)45-61-17-13-19-67(46-61)117-43-15-42-102(4,5)6)81(109)94-70-48-60-16-12-18-62(44-60)51-91-76(106)54-118-74-35-41-100-79(74)84(112)97-78(56(2)103)83(111)96-71(47-58-24-28-66(116-7)29-25-58)86(114)101-40-14-36-88(101,3)87(115)90-37-34-57-20-22-59(23-21-57)52-99(77(107)33-32-75(105)92-55)39-11-9-8-10-38-98-53-63(49-72(85(100)113)95-82(70)110)68-50-64(89)26-31-73(68)98/h12-13,16-26,28-29,31,44,46,50,53,55-56,69-72,74,78-79,103H,8-11,14-15,27,30,32-43,45,47-49,51-52,54H2,1-7H3,(H7-,90,91,92,93,94,95,96,97,105,106,108,109,110,111,112,115)/p+1/t55-,56+,69+,70-,71-,72-,74-,78-,79-,88-/m0/s1. The number of rotatable bonds is 14. The molecule has 6 aromatic rings. The molecule has 632 valence electrons. The van der Waals surface area contributed by atoms with Gasteiger partial charge in [-0.1, -0.05) is 85.6 Å². The van der Waals surface area contributed by atoms with Crippen molar-refractivity contribution in [1.29, 1.82) is 0 Å². The van der Waals surface area contributed by atoms with E-state index in [1.54, 1.807) is 96.9 Å². The molecular weight excluding hydrogens is 1510 g/mol. The van der Waals surface area contributed by atoms with Gasteiger partial charge < -0.3 is 85.6 Å². The third-order valence-corrected chi connectivity index (χ3v) is 22.8. The molecule has 0 spiro atoms. The first-order valence-electron chi connectivity index (χ1n) is 41.1. The fraction of sp³-hybridized carbons (Fsp3) is 0.500. The molecule has 7 heterocycles. The maximum Gasteiger partial charge on any atom is 0.246 e. The van der Waals surface area contributed by atoms with Crippen molar-refractivity contribution < 1.29 is 85.7 Å². The smallest absolute Gasteiger partial charge is 0.246 e. The van der Waals surface area contributed by atoms with Crippen LogP contribution in [0.2, 0.25) is 0 Å². The molecule has 0 unspecified atom stereocenters. The second-order valence-electron chi connectivity index (χ2n) is 33.0. The quantitative estimate of drug-likeness (QED) is 0.0544. The van der Waals surface area contributed by atoms with Crippen LogP contribution in [0, 0.1) is 5.82 Å². The molecule has 12 rings (SSSR count). The van der Waals surface area contributed by atoms with Crippen LogP contribution in [-0.2, 0) is 114 Å². The average molecular weight is 1630 g/mol. The van der Waals surface area contributed by atoms with E-state index in [2.05, 4.69) is 63.7 Å². The Kier molecular flexibility index (Phi) is 30.0. The summed E-state index contributed by atoms with van der Waals surface area (Å²) in [6.45, 7) is 5.78. The number of nitrogens with one attached hydrogen (secondary N) is 8. The number of aliphatic hydroxyl groups is 1. The number of carbonyl (C=O) groups excluding carboxylic acids is 12. The third kappa shape index (κ3) is 23.6. The molecule has 0 aliphatic carbocycles. The van der Waals surface area contributed by atoms with Crippen LogP contribution in [0.25, 0.3) is 10.9 Å². The lowest BCUT2D eigenvalue weighted by atomic mass is 9.95. The van der Waals surface area contributed by atoms with Crippen molar-refractivity contribution in [1.82, 2.24) is 61.8 Å². The number of aromatic nitrogens is 1. The van der Waals surface area contributed by atoms with Gasteiger partial charge in [0.25, 0.3) is 0 Å². The number of halogens is 1. The number of hydrogen-bond acceptors (Lipinski definition) is 16. The molecule has 6 aliphatic heterocycles. The molecule has 12 bridgehead atoms. The number of aryl methyl sites for hydroxylation is 1. The Morgan fingerprint density at radius 2 is 1.39 bits per heavy atom. The maximum absolute atomic E-state index is 16.3. The largest absolute Gasteiger partial charge is 0.497 e. The van der Waals surface area contributed by atoms with Crippen LogP contribution >= 0.6 is 0 Å². The molecule has 30 heteroatoms. The van der Waals surface area contributed by atoms with Gasteiger partial charge in [0.15, 0.2) is 0 Å². The van der Waals surface area contributed by atoms with Crippen LogP contribution in [-0.4, -0.2) is 234 Å². The van der Waals surface area contributed by atoms with Crippen molar-refractivity contribution in [2.75, 3.05) is 74.2 Å². The highest BCUT2D eigenvalue weighted by Crippen LogP contribution is 2.33. The summed E-state index contributed by atoms with van der Waals surface area (Å²) in [5, 5.41) is 34.6. The Balaban J connectivity index is 1.00. The van der Waals surface area contributed by atoms with Crippen LogP contribution in [0.5, 0.6) is 11.5 Å². The number of carbonyl (C=O) groups is 12. The number of nitrogens with zero attached hydrogens (tertiary/aromatic N) is 5. The van der Waals surface area contributed by atoms with Crippen molar-refractivity contribution in [3.05, 3.63) is 166 Å². The summed E-state index contributed by atoms with van der Waals surface area (Å²) in [6, 6.07) is 21.2. The molecular formula is C88H113FN13O16+. The van der Waals surface area contributed by atoms with Crippen LogP contribution in [0.15, 0.2) is 121 Å². The molecule has 2 saturated heterocycles. The molecule has 11 amide bonds. The van der Waals surface area contributed by atoms with Gasteiger partial charge >= 0.3 is 0 Å². The van der Waals surface area contributed by atoms with E-state index in [9.17, 15) is 33.9 Å². The predicted molar refractivity (Wildman–Crippen MR) is 436 cm³/mol. The first-order chi connectivity index (χ1) is 56.5. The summed E-state index contributed by atoms with van der Waals surface area (Å²) < 4.78 is 36.4. The number of benzene rings is 5. The molecule has 29 nitrogen and oxygen atoms in total. The Labute approximate surface area is 687 Å². The number of hydrogen-bond donors (Lipinski definition) is 9. The second-order valence-corrected chi connectivity index (χ2v) is 33.0. The molecule has 5 aromatic carbocycles. The maximum atomic E-state index is 16.3. The Hall–Kier alpha value is -11.1. The van der Waals surface area contributed by atoms with Crippen molar-refractivity contribution in [2.45, 2.75) is 210 Å². The fourth-order valence-electron chi connectivity index (χ4n) is 16.1. The summed E-state index contributed by atoms with van der Waals surface area (Å²) in [5.74, 6) is -8.33. The Morgan fingerprint density at radius 3 is 2.14 bits per heavy atom. The van der Waals surface area contributed by atoms with Gasteiger partial charge in [0.2, 0.25) is 65.0 Å². The van der Waals surface area contributed by atoms with Crippen molar-refractivity contribution in [2.24, 2.45) is 0 Å². The topological polar surface area (TPSA) is 364 Å². The summed E-state index contributed by atoms with van der Waals surface area (Å²) in [6.07, 6.45) is 0.882. The molecule has 6 aliphatic rings. The normalized spacial score (nSPS) is 24.2. The Morgan fingerprint density at radius 1 is 0.661 bits per heavy atom. The van der Waals surface area contributed by atoms with Crippen molar-refractivity contribution >= 4 is 81.7 Å². The zero-order valence-corrected chi connectivity index (χ0v) is 68.5. The second kappa shape index (κ2) is 40.4. The predicted octanol–water partition coefficient (Wildman–Crippen LogP) is 4.25. The van der Waals surface area contributed by atoms with Gasteiger partial charge in [-0.2, -0.15) is 0 Å². The third-order valence-electron chi connectivity index (χ3n) is 22.8. The number of fused-ring (bicyclic) bond motifs is 16. The number of methoxy groups -OCH3 is 1. The molecule has 0 radical (unpaired) electrons. The van der Waals surface area contributed by atoms with Crippen molar-refractivity contribution in [3.8, 4) is 11.5 Å². The van der Waals surface area contributed by atoms with Gasteiger partial charge in [0.05, 0.1) is 53.6 Å². The van der Waals surface area contributed by atoms with E-state index in [-0.39, 0.29) is 109 Å². The zero-order chi connectivity index (χ0) is 84.4. The highest BCUT2D eigenvalue weighted by atomic mass is 19.1. The van der Waals surface area contributed by atoms with Gasteiger partial charge in [-0.25, -0.2) is 4.39 Å². The lowest BCUT2D eigenvalue weighted by Gasteiger charge is -2.37. The van der Waals surface area contributed by atoms with Gasteiger partial charge in [-0.05, 0) is 147 Å². The highest BCUT2D eigenvalue weighted by molar-refractivity contribution is 6.00. The van der Waals surface area contributed by atoms with E-state index >= 15 is 33.2 Å². The number of Topliss-reactive ketones (excluding diaryl/α,β-unsaturated/α-hetero) is 1. The summed E-state index contributed by atoms with van der Waals surface area (Å²) >= 11 is 0. The minimum Gasteiger partial charge on any atom is -0.497 e. The molecule has 9 N–H and O–H groups in total. The van der Waals surface area contributed by atoms with E-state index in [0.29, 0.717) is 108 Å². The van der Waals surface area contributed by atoms with Crippen LogP contribution < -0.4 is 52.0 Å². The van der Waals surface area contributed by atoms with Crippen molar-refractivity contribution in [3.63, 3.8) is 0 Å². The molecule has 118 heavy (non-hydrogen) atoms.